The lowest BCUT2D eigenvalue weighted by Gasteiger charge is -2.55. The van der Waals surface area contributed by atoms with Crippen LogP contribution in [0.2, 0.25) is 0 Å². The number of likely N-dealkylation sites (tertiary alicyclic amines) is 1. The van der Waals surface area contributed by atoms with E-state index in [1.165, 1.54) is 48.8 Å². The highest BCUT2D eigenvalue weighted by molar-refractivity contribution is 6.01. The standard InChI is InChI=1S/C35H45FN4O4/c1-24(17-25-7-3-2-4-8-25)31(42)38-15-13-35(44)23-39-19-28(27(18-30(39)41)26-9-5-6-10-29(26)36)32(43)40-16-14-37-21-34(40)12-11-33(35,20-34)22-38/h5-6,9-10,18-19,24-25,37,44H,2-4,7-8,11-17,20-23H2,1H3/t24-,33?,34?,35-/m1/s1. The first-order valence-corrected chi connectivity index (χ1v) is 16.7. The molecule has 5 aliphatic rings. The van der Waals surface area contributed by atoms with E-state index < -0.39 is 22.4 Å². The van der Waals surface area contributed by atoms with E-state index in [-0.39, 0.29) is 46.5 Å². The molecule has 2 N–H and O–H groups in total. The third kappa shape index (κ3) is 4.82. The summed E-state index contributed by atoms with van der Waals surface area (Å²) in [5, 5.41) is 16.1. The molecule has 4 fully saturated rings. The number of benzene rings is 1. The second kappa shape index (κ2) is 11.1. The van der Waals surface area contributed by atoms with Gasteiger partial charge in [0, 0.05) is 67.4 Å². The maximum atomic E-state index is 15.0. The van der Waals surface area contributed by atoms with Crippen molar-refractivity contribution in [1.29, 1.82) is 0 Å². The first kappa shape index (κ1) is 29.7. The maximum Gasteiger partial charge on any atom is 0.256 e. The molecule has 2 saturated carbocycles. The predicted octanol–water partition coefficient (Wildman–Crippen LogP) is 4.19. The van der Waals surface area contributed by atoms with Gasteiger partial charge in [-0.25, -0.2) is 4.39 Å². The number of carbonyl (C=O) groups excluding carboxylic acids is 2. The molecule has 9 heteroatoms. The van der Waals surface area contributed by atoms with Crippen molar-refractivity contribution in [3.05, 3.63) is 58.3 Å². The number of aromatic nitrogens is 1. The Kier molecular flexibility index (Phi) is 7.47. The average Bonchev–Trinajstić information content (AvgIpc) is 3.38. The number of rotatable bonds is 4. The Morgan fingerprint density at radius 1 is 1.05 bits per heavy atom. The molecule has 2 aliphatic carbocycles. The lowest BCUT2D eigenvalue weighted by Crippen LogP contribution is -2.67. The SMILES string of the molecule is C[C@H](CC1CCCCC1)C(=O)N1CC[C@@]2(O)Cn3cc(c(-c4ccccc4F)cc3=O)C(=O)N3CCNCC34CCC2(C1)C4. The Labute approximate surface area is 258 Å². The van der Waals surface area contributed by atoms with Gasteiger partial charge in [-0.1, -0.05) is 57.2 Å². The molecule has 2 amide bonds. The molecule has 236 valence electrons. The third-order valence-corrected chi connectivity index (χ3v) is 11.9. The molecule has 7 rings (SSSR count). The molecular weight excluding hydrogens is 559 g/mol. The molecule has 8 nitrogen and oxygen atoms in total. The van der Waals surface area contributed by atoms with Gasteiger partial charge in [-0.2, -0.15) is 0 Å². The number of aliphatic hydroxyl groups is 1. The molecule has 2 aromatic rings. The Hall–Kier alpha value is -3.04. The van der Waals surface area contributed by atoms with E-state index in [9.17, 15) is 19.5 Å². The van der Waals surface area contributed by atoms with Gasteiger partial charge in [0.25, 0.3) is 11.5 Å². The van der Waals surface area contributed by atoms with Crippen molar-refractivity contribution in [1.82, 2.24) is 19.7 Å². The molecule has 1 aromatic carbocycles. The molecule has 2 spiro atoms. The minimum Gasteiger partial charge on any atom is -0.387 e. The second-order valence-corrected chi connectivity index (χ2v) is 14.5. The summed E-state index contributed by atoms with van der Waals surface area (Å²) in [6.45, 7) is 4.66. The van der Waals surface area contributed by atoms with Crippen LogP contribution in [0.5, 0.6) is 0 Å². The molecule has 4 heterocycles. The molecule has 44 heavy (non-hydrogen) atoms. The van der Waals surface area contributed by atoms with Crippen molar-refractivity contribution in [3.63, 3.8) is 0 Å². The zero-order valence-electron chi connectivity index (χ0n) is 25.8. The molecule has 1 aromatic heterocycles. The van der Waals surface area contributed by atoms with E-state index in [4.69, 9.17) is 0 Å². The number of pyridine rings is 1. The average molecular weight is 605 g/mol. The quantitative estimate of drug-likeness (QED) is 0.546. The number of amides is 2. The highest BCUT2D eigenvalue weighted by atomic mass is 19.1. The van der Waals surface area contributed by atoms with E-state index in [0.29, 0.717) is 64.3 Å². The summed E-state index contributed by atoms with van der Waals surface area (Å²) in [6.07, 6.45) is 10.9. The van der Waals surface area contributed by atoms with E-state index >= 15 is 4.39 Å². The van der Waals surface area contributed by atoms with E-state index in [2.05, 4.69) is 12.2 Å². The largest absolute Gasteiger partial charge is 0.387 e. The normalized spacial score (nSPS) is 31.3. The van der Waals surface area contributed by atoms with Crippen molar-refractivity contribution in [3.8, 4) is 11.1 Å². The Morgan fingerprint density at radius 2 is 1.84 bits per heavy atom. The van der Waals surface area contributed by atoms with Crippen molar-refractivity contribution >= 4 is 11.8 Å². The van der Waals surface area contributed by atoms with Gasteiger partial charge in [0.1, 0.15) is 5.82 Å². The van der Waals surface area contributed by atoms with Crippen LogP contribution in [0.25, 0.3) is 11.1 Å². The number of nitrogens with zero attached hydrogens (tertiary/aromatic N) is 3. The fourth-order valence-corrected chi connectivity index (χ4v) is 9.50. The lowest BCUT2D eigenvalue weighted by atomic mass is 9.64. The van der Waals surface area contributed by atoms with Crippen LogP contribution in [0.15, 0.2) is 41.3 Å². The Morgan fingerprint density at radius 3 is 2.64 bits per heavy atom. The van der Waals surface area contributed by atoms with Gasteiger partial charge in [0.15, 0.2) is 0 Å². The first-order chi connectivity index (χ1) is 21.1. The van der Waals surface area contributed by atoms with E-state index in [0.717, 1.165) is 6.42 Å². The summed E-state index contributed by atoms with van der Waals surface area (Å²) in [4.78, 5) is 45.9. The topological polar surface area (TPSA) is 94.9 Å². The van der Waals surface area contributed by atoms with Gasteiger partial charge in [0.05, 0.1) is 23.2 Å². The summed E-state index contributed by atoms with van der Waals surface area (Å²) in [6, 6.07) is 7.58. The summed E-state index contributed by atoms with van der Waals surface area (Å²) < 4.78 is 16.5. The van der Waals surface area contributed by atoms with Crippen LogP contribution in [0.3, 0.4) is 0 Å². The molecule has 3 aliphatic heterocycles. The lowest BCUT2D eigenvalue weighted by molar-refractivity contribution is -0.166. The Balaban J connectivity index is 1.27. The second-order valence-electron chi connectivity index (χ2n) is 14.5. The smallest absolute Gasteiger partial charge is 0.256 e. The van der Waals surface area contributed by atoms with Crippen molar-refractivity contribution < 1.29 is 19.1 Å². The molecular formula is C35H45FN4O4. The number of carbonyl (C=O) groups is 2. The van der Waals surface area contributed by atoms with Crippen LogP contribution in [0, 0.1) is 23.1 Å². The molecule has 0 radical (unpaired) electrons. The van der Waals surface area contributed by atoms with Crippen molar-refractivity contribution in [2.75, 3.05) is 32.7 Å². The van der Waals surface area contributed by atoms with Crippen LogP contribution in [0.4, 0.5) is 4.39 Å². The third-order valence-electron chi connectivity index (χ3n) is 11.9. The number of fused-ring (bicyclic) bond motifs is 2. The zero-order chi connectivity index (χ0) is 30.7. The zero-order valence-corrected chi connectivity index (χ0v) is 25.8. The fourth-order valence-electron chi connectivity index (χ4n) is 9.50. The molecule has 4 bridgehead atoms. The highest BCUT2D eigenvalue weighted by Gasteiger charge is 2.63. The van der Waals surface area contributed by atoms with Gasteiger partial charge in [0.2, 0.25) is 5.91 Å². The number of hydrogen-bond donors (Lipinski definition) is 2. The Bertz CT molecular complexity index is 1520. The van der Waals surface area contributed by atoms with Crippen molar-refractivity contribution in [2.24, 2.45) is 17.3 Å². The number of piperidine rings is 1. The summed E-state index contributed by atoms with van der Waals surface area (Å²) in [5.41, 5.74) is -2.05. The predicted molar refractivity (Wildman–Crippen MR) is 166 cm³/mol. The molecule has 2 unspecified atom stereocenters. The monoisotopic (exact) mass is 604 g/mol. The minimum atomic E-state index is -1.25. The van der Waals surface area contributed by atoms with Crippen LogP contribution < -0.4 is 10.9 Å². The number of piperazine rings is 1. The van der Waals surface area contributed by atoms with Gasteiger partial charge in [-0.15, -0.1) is 0 Å². The minimum absolute atomic E-state index is 0.0346. The number of hydrogen-bond acceptors (Lipinski definition) is 5. The fraction of sp³-hybridized carbons (Fsp3) is 0.629. The number of nitrogens with one attached hydrogen (secondary N) is 1. The maximum absolute atomic E-state index is 15.0. The van der Waals surface area contributed by atoms with Crippen molar-refractivity contribution in [2.45, 2.75) is 88.8 Å². The summed E-state index contributed by atoms with van der Waals surface area (Å²) in [7, 11) is 0. The highest BCUT2D eigenvalue weighted by Crippen LogP contribution is 2.57. The van der Waals surface area contributed by atoms with E-state index in [1.807, 2.05) is 9.80 Å². The molecule has 2 saturated heterocycles. The van der Waals surface area contributed by atoms with Crippen LogP contribution in [-0.4, -0.2) is 75.2 Å². The van der Waals surface area contributed by atoms with Gasteiger partial charge in [-0.05, 0) is 44.1 Å². The molecule has 4 atom stereocenters. The number of halogens is 1. The van der Waals surface area contributed by atoms with Crippen LogP contribution >= 0.6 is 0 Å². The van der Waals surface area contributed by atoms with Gasteiger partial charge >= 0.3 is 0 Å². The summed E-state index contributed by atoms with van der Waals surface area (Å²) >= 11 is 0. The van der Waals surface area contributed by atoms with Crippen LogP contribution in [0.1, 0.15) is 81.5 Å². The summed E-state index contributed by atoms with van der Waals surface area (Å²) in [5.74, 6) is -0.0123. The van der Waals surface area contributed by atoms with Crippen LogP contribution in [-0.2, 0) is 11.3 Å². The van der Waals surface area contributed by atoms with Gasteiger partial charge < -0.3 is 24.8 Å². The van der Waals surface area contributed by atoms with Gasteiger partial charge in [-0.3, -0.25) is 14.4 Å². The van der Waals surface area contributed by atoms with E-state index in [1.54, 1.807) is 24.4 Å². The first-order valence-electron chi connectivity index (χ1n) is 16.7.